The van der Waals surface area contributed by atoms with Crippen LogP contribution in [0.1, 0.15) is 5.56 Å². The molecule has 1 unspecified atom stereocenters. The maximum Gasteiger partial charge on any atom is 0.336 e. The van der Waals surface area contributed by atoms with Gasteiger partial charge in [0.1, 0.15) is 5.58 Å². The van der Waals surface area contributed by atoms with E-state index in [0.29, 0.717) is 11.3 Å². The van der Waals surface area contributed by atoms with Crippen LogP contribution in [0.4, 0.5) is 5.69 Å². The second-order valence-electron chi connectivity index (χ2n) is 4.72. The van der Waals surface area contributed by atoms with Gasteiger partial charge in [-0.15, -0.1) is 11.8 Å². The molecule has 104 valence electrons. The Labute approximate surface area is 119 Å². The Morgan fingerprint density at radius 1 is 1.45 bits per heavy atom. The van der Waals surface area contributed by atoms with E-state index in [-0.39, 0.29) is 17.6 Å². The second kappa shape index (κ2) is 5.30. The molecule has 0 aliphatic carbocycles. The van der Waals surface area contributed by atoms with Crippen molar-refractivity contribution in [2.45, 2.75) is 13.0 Å². The molecule has 6 heteroatoms. The van der Waals surface area contributed by atoms with Gasteiger partial charge in [0.05, 0.1) is 6.04 Å². The van der Waals surface area contributed by atoms with Crippen LogP contribution in [0, 0.1) is 6.92 Å². The van der Waals surface area contributed by atoms with E-state index in [0.717, 1.165) is 22.6 Å². The van der Waals surface area contributed by atoms with Gasteiger partial charge in [-0.2, -0.15) is 0 Å². The van der Waals surface area contributed by atoms with Gasteiger partial charge in [0.2, 0.25) is 5.91 Å². The normalized spacial score (nSPS) is 18.4. The molecule has 1 aliphatic heterocycles. The molecule has 0 bridgehead atoms. The zero-order valence-corrected chi connectivity index (χ0v) is 11.8. The third kappa shape index (κ3) is 2.57. The van der Waals surface area contributed by atoms with E-state index in [1.165, 1.54) is 6.07 Å². The summed E-state index contributed by atoms with van der Waals surface area (Å²) < 4.78 is 5.16. The van der Waals surface area contributed by atoms with Crippen molar-refractivity contribution in [3.8, 4) is 0 Å². The smallest absolute Gasteiger partial charge is 0.336 e. The fourth-order valence-electron chi connectivity index (χ4n) is 2.20. The fourth-order valence-corrected chi connectivity index (χ4v) is 3.14. The minimum Gasteiger partial charge on any atom is -0.423 e. The highest BCUT2D eigenvalue weighted by Gasteiger charge is 2.22. The lowest BCUT2D eigenvalue weighted by atomic mass is 10.1. The van der Waals surface area contributed by atoms with Gasteiger partial charge < -0.3 is 9.73 Å². The lowest BCUT2D eigenvalue weighted by molar-refractivity contribution is -0.117. The number of carbonyl (C=O) groups excluding carboxylic acids is 1. The van der Waals surface area contributed by atoms with E-state index in [9.17, 15) is 9.59 Å². The molecule has 3 rings (SSSR count). The van der Waals surface area contributed by atoms with Crippen molar-refractivity contribution in [1.82, 2.24) is 5.32 Å². The van der Waals surface area contributed by atoms with Gasteiger partial charge in [0, 0.05) is 34.8 Å². The molecule has 20 heavy (non-hydrogen) atoms. The first-order valence-corrected chi connectivity index (χ1v) is 7.45. The van der Waals surface area contributed by atoms with Crippen LogP contribution in [-0.4, -0.2) is 23.6 Å². The van der Waals surface area contributed by atoms with Crippen LogP contribution in [0.25, 0.3) is 11.0 Å². The molecule has 2 N–H and O–H groups in total. The molecule has 1 fully saturated rings. The van der Waals surface area contributed by atoms with Gasteiger partial charge in [-0.25, -0.2) is 4.79 Å². The standard InChI is InChI=1S/C14H14N2O3S/c1-8-4-13(17)19-12-5-9(2-3-10(8)12)16-14(18)11-6-20-7-15-11/h2-5,11,15H,6-7H2,1H3,(H,16,18). The van der Waals surface area contributed by atoms with Crippen molar-refractivity contribution < 1.29 is 9.21 Å². The summed E-state index contributed by atoms with van der Waals surface area (Å²) in [5, 5.41) is 6.82. The molecule has 2 heterocycles. The predicted molar refractivity (Wildman–Crippen MR) is 80.1 cm³/mol. The van der Waals surface area contributed by atoms with Crippen LogP contribution in [0.3, 0.4) is 0 Å². The van der Waals surface area contributed by atoms with E-state index < -0.39 is 0 Å². The quantitative estimate of drug-likeness (QED) is 0.824. The summed E-state index contributed by atoms with van der Waals surface area (Å²) in [5.74, 6) is 1.50. The molecule has 5 nitrogen and oxygen atoms in total. The van der Waals surface area contributed by atoms with Crippen LogP contribution in [0.5, 0.6) is 0 Å². The molecule has 0 spiro atoms. The Hall–Kier alpha value is -1.79. The monoisotopic (exact) mass is 290 g/mol. The summed E-state index contributed by atoms with van der Waals surface area (Å²) in [7, 11) is 0. The number of hydrogen-bond donors (Lipinski definition) is 2. The van der Waals surface area contributed by atoms with Crippen molar-refractivity contribution >= 4 is 34.3 Å². The van der Waals surface area contributed by atoms with Gasteiger partial charge in [0.25, 0.3) is 0 Å². The molecule has 1 atom stereocenters. The second-order valence-corrected chi connectivity index (χ2v) is 5.75. The number of anilines is 1. The van der Waals surface area contributed by atoms with E-state index in [1.807, 2.05) is 19.1 Å². The Morgan fingerprint density at radius 3 is 3.05 bits per heavy atom. The van der Waals surface area contributed by atoms with Gasteiger partial charge >= 0.3 is 5.63 Å². The molecular formula is C14H14N2O3S. The lowest BCUT2D eigenvalue weighted by Crippen LogP contribution is -2.37. The molecule has 0 saturated carbocycles. The first kappa shape index (κ1) is 13.2. The van der Waals surface area contributed by atoms with Crippen LogP contribution in [-0.2, 0) is 4.79 Å². The van der Waals surface area contributed by atoms with Crippen molar-refractivity contribution in [3.63, 3.8) is 0 Å². The average molecular weight is 290 g/mol. The topological polar surface area (TPSA) is 71.3 Å². The summed E-state index contributed by atoms with van der Waals surface area (Å²) in [6.45, 7) is 1.86. The highest BCUT2D eigenvalue weighted by Crippen LogP contribution is 2.21. The number of aryl methyl sites for hydroxylation is 1. The molecule has 2 aromatic rings. The Bertz CT molecular complexity index is 720. The number of thioether (sulfide) groups is 1. The summed E-state index contributed by atoms with van der Waals surface area (Å²) in [4.78, 5) is 23.4. The van der Waals surface area contributed by atoms with E-state index in [2.05, 4.69) is 10.6 Å². The SMILES string of the molecule is Cc1cc(=O)oc2cc(NC(=O)C3CSCN3)ccc12. The van der Waals surface area contributed by atoms with Gasteiger partial charge in [-0.05, 0) is 24.6 Å². The number of rotatable bonds is 2. The predicted octanol–water partition coefficient (Wildman–Crippen LogP) is 1.70. The van der Waals surface area contributed by atoms with E-state index in [1.54, 1.807) is 17.8 Å². The Kier molecular flexibility index (Phi) is 3.50. The first-order chi connectivity index (χ1) is 9.63. The number of fused-ring (bicyclic) bond motifs is 1. The van der Waals surface area contributed by atoms with Gasteiger partial charge in [0.15, 0.2) is 0 Å². The van der Waals surface area contributed by atoms with Gasteiger partial charge in [-0.3, -0.25) is 10.1 Å². The largest absolute Gasteiger partial charge is 0.423 e. The molecular weight excluding hydrogens is 276 g/mol. The van der Waals surface area contributed by atoms with Crippen molar-refractivity contribution in [2.24, 2.45) is 0 Å². The number of nitrogens with one attached hydrogen (secondary N) is 2. The minimum absolute atomic E-state index is 0.0654. The third-order valence-electron chi connectivity index (χ3n) is 3.25. The van der Waals surface area contributed by atoms with E-state index in [4.69, 9.17) is 4.42 Å². The zero-order valence-electron chi connectivity index (χ0n) is 10.9. The third-order valence-corrected chi connectivity index (χ3v) is 4.19. The Balaban J connectivity index is 1.89. The van der Waals surface area contributed by atoms with Crippen molar-refractivity contribution in [3.05, 3.63) is 40.2 Å². The van der Waals surface area contributed by atoms with Crippen LogP contribution in [0.2, 0.25) is 0 Å². The number of benzene rings is 1. The Morgan fingerprint density at radius 2 is 2.30 bits per heavy atom. The summed E-state index contributed by atoms with van der Waals surface area (Å²) >= 11 is 1.70. The molecule has 0 radical (unpaired) electrons. The number of carbonyl (C=O) groups is 1. The lowest BCUT2D eigenvalue weighted by Gasteiger charge is -2.11. The van der Waals surface area contributed by atoms with Crippen LogP contribution < -0.4 is 16.3 Å². The van der Waals surface area contributed by atoms with Gasteiger partial charge in [-0.1, -0.05) is 0 Å². The first-order valence-electron chi connectivity index (χ1n) is 6.30. The van der Waals surface area contributed by atoms with Crippen LogP contribution >= 0.6 is 11.8 Å². The summed E-state index contributed by atoms with van der Waals surface area (Å²) in [5.41, 5.74) is 1.60. The maximum atomic E-state index is 12.0. The highest BCUT2D eigenvalue weighted by molar-refractivity contribution is 7.99. The average Bonchev–Trinajstić information content (AvgIpc) is 2.91. The van der Waals surface area contributed by atoms with Crippen molar-refractivity contribution in [1.29, 1.82) is 0 Å². The zero-order chi connectivity index (χ0) is 14.1. The number of hydrogen-bond acceptors (Lipinski definition) is 5. The molecule has 1 aromatic heterocycles. The highest BCUT2D eigenvalue weighted by atomic mass is 32.2. The van der Waals surface area contributed by atoms with Crippen LogP contribution in [0.15, 0.2) is 33.5 Å². The minimum atomic E-state index is -0.382. The summed E-state index contributed by atoms with van der Waals surface area (Å²) in [6.07, 6.45) is 0. The molecule has 1 aliphatic rings. The fraction of sp³-hybridized carbons (Fsp3) is 0.286. The number of amides is 1. The van der Waals surface area contributed by atoms with E-state index >= 15 is 0 Å². The van der Waals surface area contributed by atoms with Crippen molar-refractivity contribution in [2.75, 3.05) is 16.9 Å². The maximum absolute atomic E-state index is 12.0. The molecule has 1 amide bonds. The molecule has 1 saturated heterocycles. The summed E-state index contributed by atoms with van der Waals surface area (Å²) in [6, 6.07) is 6.64. The molecule has 1 aromatic carbocycles.